The molecule has 1 amide bonds. The van der Waals surface area contributed by atoms with Gasteiger partial charge in [-0.3, -0.25) is 9.59 Å². The number of ether oxygens (including phenoxy) is 1. The van der Waals surface area contributed by atoms with Gasteiger partial charge < -0.3 is 14.7 Å². The first kappa shape index (κ1) is 14.9. The highest BCUT2D eigenvalue weighted by Crippen LogP contribution is 2.32. The summed E-state index contributed by atoms with van der Waals surface area (Å²) >= 11 is 0. The van der Waals surface area contributed by atoms with Gasteiger partial charge in [0.05, 0.1) is 5.92 Å². The van der Waals surface area contributed by atoms with Crippen LogP contribution in [0.5, 0.6) is 5.75 Å². The summed E-state index contributed by atoms with van der Waals surface area (Å²) in [5.74, 6) is -0.573. The topological polar surface area (TPSA) is 66.8 Å². The largest absolute Gasteiger partial charge is 0.481 e. The fourth-order valence-electron chi connectivity index (χ4n) is 3.23. The Morgan fingerprint density at radius 2 is 2.00 bits per heavy atom. The van der Waals surface area contributed by atoms with Gasteiger partial charge in [0.25, 0.3) is 5.91 Å². The van der Waals surface area contributed by atoms with Gasteiger partial charge in [-0.25, -0.2) is 0 Å². The molecule has 0 saturated carbocycles. The zero-order valence-electron chi connectivity index (χ0n) is 13.0. The van der Waals surface area contributed by atoms with Crippen molar-refractivity contribution >= 4 is 11.9 Å². The van der Waals surface area contributed by atoms with E-state index >= 15 is 0 Å². The first-order valence-electron chi connectivity index (χ1n) is 7.74. The van der Waals surface area contributed by atoms with Crippen LogP contribution in [0, 0.1) is 19.8 Å². The summed E-state index contributed by atoms with van der Waals surface area (Å²) in [5, 5.41) is 9.14. The standard InChI is InChI=1S/C17H21NO4/c1-10-6-13-8-15(22-14(13)7-11(10)2)16(19)18-5-3-4-12(9-18)17(20)21/h6-7,12,15H,3-5,8-9H2,1-2H3,(H,20,21)/t12-,15?/m0/s1. The van der Waals surface area contributed by atoms with Crippen molar-refractivity contribution < 1.29 is 19.4 Å². The molecule has 0 aromatic heterocycles. The van der Waals surface area contributed by atoms with Gasteiger partial charge in [-0.1, -0.05) is 6.07 Å². The number of benzene rings is 1. The van der Waals surface area contributed by atoms with Gasteiger partial charge in [-0.15, -0.1) is 0 Å². The Morgan fingerprint density at radius 3 is 2.73 bits per heavy atom. The zero-order chi connectivity index (χ0) is 15.9. The predicted octanol–water partition coefficient (Wildman–Crippen LogP) is 1.93. The number of carbonyl (C=O) groups is 2. The molecule has 0 spiro atoms. The fraction of sp³-hybridized carbons (Fsp3) is 0.529. The molecular weight excluding hydrogens is 282 g/mol. The van der Waals surface area contributed by atoms with E-state index in [1.165, 1.54) is 5.56 Å². The van der Waals surface area contributed by atoms with E-state index in [2.05, 4.69) is 6.07 Å². The van der Waals surface area contributed by atoms with Crippen LogP contribution in [0.3, 0.4) is 0 Å². The monoisotopic (exact) mass is 303 g/mol. The van der Waals surface area contributed by atoms with Crippen LogP contribution < -0.4 is 4.74 Å². The maximum atomic E-state index is 12.6. The first-order chi connectivity index (χ1) is 10.5. The number of nitrogens with zero attached hydrogens (tertiary/aromatic N) is 1. The molecule has 2 aliphatic heterocycles. The third kappa shape index (κ3) is 2.67. The summed E-state index contributed by atoms with van der Waals surface area (Å²) in [6, 6.07) is 4.06. The molecule has 1 saturated heterocycles. The molecule has 1 aromatic carbocycles. The van der Waals surface area contributed by atoms with E-state index in [9.17, 15) is 9.59 Å². The number of carboxylic acids is 1. The summed E-state index contributed by atoms with van der Waals surface area (Å²) in [7, 11) is 0. The Morgan fingerprint density at radius 1 is 1.27 bits per heavy atom. The molecular formula is C17H21NO4. The van der Waals surface area contributed by atoms with Crippen LogP contribution in [0.25, 0.3) is 0 Å². The van der Waals surface area contributed by atoms with Gasteiger partial charge in [0.2, 0.25) is 0 Å². The van der Waals surface area contributed by atoms with Crippen LogP contribution in [-0.4, -0.2) is 41.1 Å². The SMILES string of the molecule is Cc1cc2c(cc1C)OC(C(=O)N1CCC[C@H](C(=O)O)C1)C2. The molecule has 2 heterocycles. The molecule has 0 aliphatic carbocycles. The van der Waals surface area contributed by atoms with Crippen LogP contribution in [0.15, 0.2) is 12.1 Å². The molecule has 0 bridgehead atoms. The number of piperidine rings is 1. The van der Waals surface area contributed by atoms with E-state index in [1.807, 2.05) is 19.9 Å². The lowest BCUT2D eigenvalue weighted by Gasteiger charge is -2.32. The van der Waals surface area contributed by atoms with Crippen molar-refractivity contribution in [2.45, 2.75) is 39.2 Å². The summed E-state index contributed by atoms with van der Waals surface area (Å²) in [6.07, 6.45) is 1.44. The molecule has 2 atom stereocenters. The number of fused-ring (bicyclic) bond motifs is 1. The van der Waals surface area contributed by atoms with Crippen LogP contribution in [0.4, 0.5) is 0 Å². The van der Waals surface area contributed by atoms with Gasteiger partial charge in [0, 0.05) is 19.5 Å². The van der Waals surface area contributed by atoms with Gasteiger partial charge in [-0.05, 0) is 49.4 Å². The van der Waals surface area contributed by atoms with Crippen molar-refractivity contribution in [1.29, 1.82) is 0 Å². The first-order valence-corrected chi connectivity index (χ1v) is 7.74. The molecule has 118 valence electrons. The lowest BCUT2D eigenvalue weighted by Crippen LogP contribution is -2.47. The molecule has 0 radical (unpaired) electrons. The minimum Gasteiger partial charge on any atom is -0.481 e. The zero-order valence-corrected chi connectivity index (χ0v) is 13.0. The van der Waals surface area contributed by atoms with Crippen LogP contribution >= 0.6 is 0 Å². The molecule has 1 N–H and O–H groups in total. The number of amides is 1. The van der Waals surface area contributed by atoms with Crippen LogP contribution in [0.2, 0.25) is 0 Å². The second-order valence-corrected chi connectivity index (χ2v) is 6.32. The van der Waals surface area contributed by atoms with E-state index in [1.54, 1.807) is 4.90 Å². The number of aryl methyl sites for hydroxylation is 2. The third-order valence-electron chi connectivity index (χ3n) is 4.71. The number of hydrogen-bond acceptors (Lipinski definition) is 3. The van der Waals surface area contributed by atoms with E-state index in [0.717, 1.165) is 23.3 Å². The second-order valence-electron chi connectivity index (χ2n) is 6.32. The second kappa shape index (κ2) is 5.63. The van der Waals surface area contributed by atoms with Gasteiger partial charge in [0.1, 0.15) is 5.75 Å². The minimum absolute atomic E-state index is 0.0857. The average Bonchev–Trinajstić information content (AvgIpc) is 2.89. The predicted molar refractivity (Wildman–Crippen MR) is 81.0 cm³/mol. The third-order valence-corrected chi connectivity index (χ3v) is 4.71. The quantitative estimate of drug-likeness (QED) is 0.906. The summed E-state index contributed by atoms with van der Waals surface area (Å²) in [6.45, 7) is 4.99. The molecule has 1 fully saturated rings. The number of carbonyl (C=O) groups excluding carboxylic acids is 1. The minimum atomic E-state index is -0.820. The summed E-state index contributed by atoms with van der Waals surface area (Å²) < 4.78 is 5.81. The lowest BCUT2D eigenvalue weighted by atomic mass is 9.97. The molecule has 1 aromatic rings. The number of carboxylic acid groups (broad SMARTS) is 1. The Labute approximate surface area is 129 Å². The van der Waals surface area contributed by atoms with E-state index in [0.29, 0.717) is 25.9 Å². The smallest absolute Gasteiger partial charge is 0.308 e. The highest BCUT2D eigenvalue weighted by Gasteiger charge is 2.36. The number of aliphatic carboxylic acids is 1. The molecule has 1 unspecified atom stereocenters. The summed E-state index contributed by atoms with van der Waals surface area (Å²) in [4.78, 5) is 25.4. The number of rotatable bonds is 2. The molecule has 3 rings (SSSR count). The molecule has 2 aliphatic rings. The highest BCUT2D eigenvalue weighted by atomic mass is 16.5. The fourth-order valence-corrected chi connectivity index (χ4v) is 3.23. The van der Waals surface area contributed by atoms with Crippen LogP contribution in [0.1, 0.15) is 29.5 Å². The van der Waals surface area contributed by atoms with E-state index < -0.39 is 18.0 Å². The molecule has 22 heavy (non-hydrogen) atoms. The normalized spacial score (nSPS) is 23.8. The Balaban J connectivity index is 1.71. The average molecular weight is 303 g/mol. The van der Waals surface area contributed by atoms with Crippen molar-refractivity contribution in [3.63, 3.8) is 0 Å². The lowest BCUT2D eigenvalue weighted by molar-refractivity contribution is -0.147. The Hall–Kier alpha value is -2.04. The van der Waals surface area contributed by atoms with Crippen molar-refractivity contribution in [3.05, 3.63) is 28.8 Å². The molecule has 5 nitrogen and oxygen atoms in total. The Kier molecular flexibility index (Phi) is 3.81. The summed E-state index contributed by atoms with van der Waals surface area (Å²) in [5.41, 5.74) is 3.41. The van der Waals surface area contributed by atoms with Crippen molar-refractivity contribution in [2.24, 2.45) is 5.92 Å². The van der Waals surface area contributed by atoms with Crippen molar-refractivity contribution in [1.82, 2.24) is 4.90 Å². The van der Waals surface area contributed by atoms with Gasteiger partial charge in [-0.2, -0.15) is 0 Å². The Bertz CT molecular complexity index is 594. The van der Waals surface area contributed by atoms with Crippen molar-refractivity contribution in [2.75, 3.05) is 13.1 Å². The van der Waals surface area contributed by atoms with Crippen LogP contribution in [-0.2, 0) is 16.0 Å². The highest BCUT2D eigenvalue weighted by molar-refractivity contribution is 5.83. The van der Waals surface area contributed by atoms with Gasteiger partial charge >= 0.3 is 5.97 Å². The maximum absolute atomic E-state index is 12.6. The van der Waals surface area contributed by atoms with Crippen molar-refractivity contribution in [3.8, 4) is 5.75 Å². The molecule has 5 heteroatoms. The number of hydrogen-bond donors (Lipinski definition) is 1. The maximum Gasteiger partial charge on any atom is 0.308 e. The van der Waals surface area contributed by atoms with Gasteiger partial charge in [0.15, 0.2) is 6.10 Å². The number of likely N-dealkylation sites (tertiary alicyclic amines) is 1. The van der Waals surface area contributed by atoms with E-state index in [4.69, 9.17) is 9.84 Å². The van der Waals surface area contributed by atoms with E-state index in [-0.39, 0.29) is 5.91 Å².